The molecule has 1 atom stereocenters. The Hall–Kier alpha value is -1.26. The van der Waals surface area contributed by atoms with Gasteiger partial charge in [0.2, 0.25) is 0 Å². The smallest absolute Gasteiger partial charge is 0.126 e. The first-order valence-electron chi connectivity index (χ1n) is 5.79. The van der Waals surface area contributed by atoms with E-state index < -0.39 is 11.6 Å². The molecule has 1 nitrogen and oxygen atoms in total. The standard InChI is InChI=1S/C14H15F2NS/c1-8(2)14(17)13-4-3-12(18-13)9-5-10(15)7-11(16)6-9/h3-8,14H,17H2,1-2H3. The summed E-state index contributed by atoms with van der Waals surface area (Å²) in [4.78, 5) is 1.86. The Morgan fingerprint density at radius 3 is 2.22 bits per heavy atom. The highest BCUT2D eigenvalue weighted by molar-refractivity contribution is 7.15. The molecule has 0 aliphatic carbocycles. The van der Waals surface area contributed by atoms with Gasteiger partial charge >= 0.3 is 0 Å². The Morgan fingerprint density at radius 1 is 1.06 bits per heavy atom. The molecule has 0 aliphatic heterocycles. The first kappa shape index (κ1) is 13.2. The van der Waals surface area contributed by atoms with E-state index in [-0.39, 0.29) is 6.04 Å². The molecule has 0 bridgehead atoms. The molecule has 2 rings (SSSR count). The lowest BCUT2D eigenvalue weighted by Crippen LogP contribution is -2.14. The second kappa shape index (κ2) is 5.16. The number of thiophene rings is 1. The lowest BCUT2D eigenvalue weighted by Gasteiger charge is -2.12. The van der Waals surface area contributed by atoms with Gasteiger partial charge in [0.25, 0.3) is 0 Å². The molecular formula is C14H15F2NS. The lowest BCUT2D eigenvalue weighted by atomic mass is 10.0. The molecular weight excluding hydrogens is 252 g/mol. The van der Waals surface area contributed by atoms with Crippen LogP contribution in [0.2, 0.25) is 0 Å². The van der Waals surface area contributed by atoms with E-state index in [1.807, 2.05) is 26.0 Å². The predicted octanol–water partition coefficient (Wildman–Crippen LogP) is 4.35. The van der Waals surface area contributed by atoms with Gasteiger partial charge in [-0.15, -0.1) is 11.3 Å². The van der Waals surface area contributed by atoms with Crippen LogP contribution in [0.25, 0.3) is 10.4 Å². The molecule has 0 fully saturated rings. The largest absolute Gasteiger partial charge is 0.323 e. The van der Waals surface area contributed by atoms with Crippen LogP contribution in [0.4, 0.5) is 8.78 Å². The molecule has 1 aromatic carbocycles. The zero-order valence-corrected chi connectivity index (χ0v) is 11.1. The van der Waals surface area contributed by atoms with E-state index in [9.17, 15) is 8.78 Å². The molecule has 0 saturated heterocycles. The molecule has 0 amide bonds. The molecule has 1 unspecified atom stereocenters. The Bertz CT molecular complexity index is 528. The van der Waals surface area contributed by atoms with Crippen LogP contribution in [0.3, 0.4) is 0 Å². The minimum absolute atomic E-state index is 0.0397. The Morgan fingerprint density at radius 2 is 1.67 bits per heavy atom. The van der Waals surface area contributed by atoms with Gasteiger partial charge in [-0.3, -0.25) is 0 Å². The summed E-state index contributed by atoms with van der Waals surface area (Å²) >= 11 is 1.48. The first-order chi connectivity index (χ1) is 8.47. The fraction of sp³-hybridized carbons (Fsp3) is 0.286. The van der Waals surface area contributed by atoms with Crippen molar-refractivity contribution in [3.05, 3.63) is 46.8 Å². The van der Waals surface area contributed by atoms with Crippen LogP contribution < -0.4 is 5.73 Å². The van der Waals surface area contributed by atoms with Crippen molar-refractivity contribution >= 4 is 11.3 Å². The maximum atomic E-state index is 13.1. The van der Waals surface area contributed by atoms with Gasteiger partial charge in [0.1, 0.15) is 11.6 Å². The average molecular weight is 267 g/mol. The summed E-state index contributed by atoms with van der Waals surface area (Å²) in [6.45, 7) is 4.10. The molecule has 18 heavy (non-hydrogen) atoms. The zero-order valence-electron chi connectivity index (χ0n) is 10.3. The van der Waals surface area contributed by atoms with Crippen LogP contribution in [-0.4, -0.2) is 0 Å². The van der Waals surface area contributed by atoms with Crippen LogP contribution in [0.1, 0.15) is 24.8 Å². The quantitative estimate of drug-likeness (QED) is 0.879. The van der Waals surface area contributed by atoms with Gasteiger partial charge in [-0.2, -0.15) is 0 Å². The average Bonchev–Trinajstić information content (AvgIpc) is 2.75. The van der Waals surface area contributed by atoms with Gasteiger partial charge < -0.3 is 5.73 Å². The number of nitrogens with two attached hydrogens (primary N) is 1. The van der Waals surface area contributed by atoms with Crippen molar-refractivity contribution in [1.29, 1.82) is 0 Å². The topological polar surface area (TPSA) is 26.0 Å². The molecule has 4 heteroatoms. The monoisotopic (exact) mass is 267 g/mol. The van der Waals surface area contributed by atoms with E-state index in [2.05, 4.69) is 0 Å². The Labute approximate surface area is 109 Å². The van der Waals surface area contributed by atoms with Crippen LogP contribution in [0.5, 0.6) is 0 Å². The van der Waals surface area contributed by atoms with E-state index in [4.69, 9.17) is 5.73 Å². The summed E-state index contributed by atoms with van der Waals surface area (Å²) in [7, 11) is 0. The van der Waals surface area contributed by atoms with E-state index in [1.54, 1.807) is 0 Å². The van der Waals surface area contributed by atoms with Crippen LogP contribution in [0.15, 0.2) is 30.3 Å². The number of hydrogen-bond acceptors (Lipinski definition) is 2. The van der Waals surface area contributed by atoms with Crippen LogP contribution in [-0.2, 0) is 0 Å². The highest BCUT2D eigenvalue weighted by Crippen LogP contribution is 2.33. The molecule has 0 radical (unpaired) electrons. The van der Waals surface area contributed by atoms with Gasteiger partial charge in [-0.1, -0.05) is 13.8 Å². The normalized spacial score (nSPS) is 13.0. The zero-order chi connectivity index (χ0) is 13.3. The maximum absolute atomic E-state index is 13.1. The molecule has 0 aliphatic rings. The predicted molar refractivity (Wildman–Crippen MR) is 71.4 cm³/mol. The van der Waals surface area contributed by atoms with Crippen molar-refractivity contribution in [2.24, 2.45) is 11.7 Å². The van der Waals surface area contributed by atoms with E-state index in [0.717, 1.165) is 15.8 Å². The number of hydrogen-bond donors (Lipinski definition) is 1. The number of rotatable bonds is 3. The number of benzene rings is 1. The van der Waals surface area contributed by atoms with Gasteiger partial charge in [-0.25, -0.2) is 8.78 Å². The van der Waals surface area contributed by atoms with Gasteiger partial charge in [0.05, 0.1) is 0 Å². The molecule has 0 spiro atoms. The minimum atomic E-state index is -0.562. The summed E-state index contributed by atoms with van der Waals surface area (Å²) in [5.41, 5.74) is 6.61. The summed E-state index contributed by atoms with van der Waals surface area (Å²) in [5, 5.41) is 0. The second-order valence-corrected chi connectivity index (χ2v) is 5.75. The fourth-order valence-electron chi connectivity index (χ4n) is 1.71. The van der Waals surface area contributed by atoms with Crippen molar-refractivity contribution < 1.29 is 8.78 Å². The van der Waals surface area contributed by atoms with Crippen molar-refractivity contribution in [3.8, 4) is 10.4 Å². The van der Waals surface area contributed by atoms with E-state index >= 15 is 0 Å². The summed E-state index contributed by atoms with van der Waals surface area (Å²) in [5.74, 6) is -0.790. The lowest BCUT2D eigenvalue weighted by molar-refractivity contribution is 0.521. The number of halogens is 2. The highest BCUT2D eigenvalue weighted by Gasteiger charge is 2.14. The molecule has 2 N–H and O–H groups in total. The van der Waals surface area contributed by atoms with Crippen molar-refractivity contribution in [1.82, 2.24) is 0 Å². The molecule has 2 aromatic rings. The molecule has 1 aromatic heterocycles. The Kier molecular flexibility index (Phi) is 3.78. The second-order valence-electron chi connectivity index (χ2n) is 4.63. The van der Waals surface area contributed by atoms with Gasteiger partial charge in [0, 0.05) is 21.9 Å². The maximum Gasteiger partial charge on any atom is 0.126 e. The van der Waals surface area contributed by atoms with Crippen molar-refractivity contribution in [2.75, 3.05) is 0 Å². The highest BCUT2D eigenvalue weighted by atomic mass is 32.1. The first-order valence-corrected chi connectivity index (χ1v) is 6.61. The summed E-state index contributed by atoms with van der Waals surface area (Å²) < 4.78 is 26.3. The van der Waals surface area contributed by atoms with Crippen LogP contribution >= 0.6 is 11.3 Å². The third-order valence-corrected chi connectivity index (χ3v) is 4.06. The van der Waals surface area contributed by atoms with E-state index in [0.29, 0.717) is 11.5 Å². The fourth-order valence-corrected chi connectivity index (χ4v) is 2.88. The molecule has 0 saturated carbocycles. The molecule has 1 heterocycles. The molecule has 96 valence electrons. The third kappa shape index (κ3) is 2.76. The SMILES string of the molecule is CC(C)C(N)c1ccc(-c2cc(F)cc(F)c2)s1. The van der Waals surface area contributed by atoms with E-state index in [1.165, 1.54) is 23.5 Å². The van der Waals surface area contributed by atoms with Crippen molar-refractivity contribution in [2.45, 2.75) is 19.9 Å². The van der Waals surface area contributed by atoms with Gasteiger partial charge in [-0.05, 0) is 35.7 Å². The van der Waals surface area contributed by atoms with Crippen molar-refractivity contribution in [3.63, 3.8) is 0 Å². The Balaban J connectivity index is 2.35. The minimum Gasteiger partial charge on any atom is -0.323 e. The van der Waals surface area contributed by atoms with Gasteiger partial charge in [0.15, 0.2) is 0 Å². The summed E-state index contributed by atoms with van der Waals surface area (Å²) in [6, 6.07) is 7.28. The summed E-state index contributed by atoms with van der Waals surface area (Å²) in [6.07, 6.45) is 0. The van der Waals surface area contributed by atoms with Crippen LogP contribution in [0, 0.1) is 17.6 Å². The third-order valence-electron chi connectivity index (χ3n) is 2.82.